The second kappa shape index (κ2) is 7.88. The fourth-order valence-corrected chi connectivity index (χ4v) is 2.87. The molecule has 1 aliphatic heterocycles. The molecule has 134 valence electrons. The van der Waals surface area contributed by atoms with Gasteiger partial charge in [0.2, 0.25) is 5.91 Å². The third kappa shape index (κ3) is 4.63. The second-order valence-corrected chi connectivity index (χ2v) is 5.85. The van der Waals surface area contributed by atoms with Gasteiger partial charge >= 0.3 is 12.1 Å². The summed E-state index contributed by atoms with van der Waals surface area (Å²) < 4.78 is 39.1. The Bertz CT molecular complexity index is 606. The van der Waals surface area contributed by atoms with Crippen molar-refractivity contribution in [3.8, 4) is 0 Å². The molecule has 1 fully saturated rings. The van der Waals surface area contributed by atoms with E-state index in [-0.39, 0.29) is 36.8 Å². The first kappa shape index (κ1) is 20.3. The standard InChI is InChI=1S/C16H18F3NO3.ClH/c1-10(12-4-2-3-5-13(12)16(17,18)19)8-14(21)20-7-6-11(9-20)15(22)23;/h2-5,10-11H,6-9H2,1H3,(H,22,23);1H. The largest absolute Gasteiger partial charge is 0.481 e. The van der Waals surface area contributed by atoms with E-state index in [2.05, 4.69) is 0 Å². The van der Waals surface area contributed by atoms with Crippen LogP contribution in [0.5, 0.6) is 0 Å². The first-order chi connectivity index (χ1) is 10.7. The third-order valence-electron chi connectivity index (χ3n) is 4.17. The molecule has 24 heavy (non-hydrogen) atoms. The SMILES string of the molecule is CC(CC(=O)N1CCC(C(=O)O)C1)c1ccccc1C(F)(F)F.Cl. The molecule has 2 unspecified atom stereocenters. The number of nitrogens with zero attached hydrogens (tertiary/aromatic N) is 1. The van der Waals surface area contributed by atoms with Crippen LogP contribution in [0.25, 0.3) is 0 Å². The number of hydrogen-bond acceptors (Lipinski definition) is 2. The minimum Gasteiger partial charge on any atom is -0.481 e. The Morgan fingerprint density at radius 3 is 2.50 bits per heavy atom. The van der Waals surface area contributed by atoms with E-state index >= 15 is 0 Å². The number of carbonyl (C=O) groups is 2. The molecule has 0 aromatic heterocycles. The van der Waals surface area contributed by atoms with E-state index in [1.54, 1.807) is 6.92 Å². The lowest BCUT2D eigenvalue weighted by Gasteiger charge is -2.21. The van der Waals surface area contributed by atoms with Gasteiger partial charge in [-0.3, -0.25) is 9.59 Å². The molecule has 1 aliphatic rings. The molecule has 1 saturated heterocycles. The summed E-state index contributed by atoms with van der Waals surface area (Å²) in [6, 6.07) is 5.22. The molecule has 1 amide bonds. The smallest absolute Gasteiger partial charge is 0.416 e. The van der Waals surface area contributed by atoms with Gasteiger partial charge in [0.1, 0.15) is 0 Å². The number of amides is 1. The van der Waals surface area contributed by atoms with Crippen molar-refractivity contribution in [3.63, 3.8) is 0 Å². The number of alkyl halides is 3. The van der Waals surface area contributed by atoms with E-state index < -0.39 is 29.5 Å². The van der Waals surface area contributed by atoms with E-state index in [0.29, 0.717) is 13.0 Å². The van der Waals surface area contributed by atoms with Crippen molar-refractivity contribution in [2.75, 3.05) is 13.1 Å². The zero-order valence-electron chi connectivity index (χ0n) is 13.0. The van der Waals surface area contributed by atoms with Crippen molar-refractivity contribution in [1.82, 2.24) is 4.90 Å². The van der Waals surface area contributed by atoms with E-state index in [4.69, 9.17) is 5.11 Å². The Labute approximate surface area is 144 Å². The molecular formula is C16H19ClF3NO3. The van der Waals surface area contributed by atoms with Crippen molar-refractivity contribution in [2.45, 2.75) is 31.9 Å². The Balaban J connectivity index is 0.00000288. The molecule has 2 atom stereocenters. The van der Waals surface area contributed by atoms with Crippen molar-refractivity contribution < 1.29 is 27.9 Å². The molecule has 2 rings (SSSR count). The number of carbonyl (C=O) groups excluding carboxylic acids is 1. The highest BCUT2D eigenvalue weighted by Gasteiger charge is 2.35. The number of hydrogen-bond donors (Lipinski definition) is 1. The molecule has 1 heterocycles. The Morgan fingerprint density at radius 2 is 1.96 bits per heavy atom. The van der Waals surface area contributed by atoms with Crippen LogP contribution >= 0.6 is 12.4 Å². The predicted octanol–water partition coefficient (Wildman–Crippen LogP) is 3.55. The average molecular weight is 366 g/mol. The summed E-state index contributed by atoms with van der Waals surface area (Å²) in [4.78, 5) is 24.5. The summed E-state index contributed by atoms with van der Waals surface area (Å²) in [7, 11) is 0. The van der Waals surface area contributed by atoms with Gasteiger partial charge in [-0.25, -0.2) is 0 Å². The maximum Gasteiger partial charge on any atom is 0.416 e. The van der Waals surface area contributed by atoms with Crippen LogP contribution in [0.4, 0.5) is 13.2 Å². The summed E-state index contributed by atoms with van der Waals surface area (Å²) in [5.74, 6) is -2.44. The van der Waals surface area contributed by atoms with Gasteiger partial charge in [-0.15, -0.1) is 12.4 Å². The molecule has 1 aromatic rings. The highest BCUT2D eigenvalue weighted by atomic mass is 35.5. The highest BCUT2D eigenvalue weighted by molar-refractivity contribution is 5.85. The maximum absolute atomic E-state index is 13.0. The minimum absolute atomic E-state index is 0. The van der Waals surface area contributed by atoms with Crippen molar-refractivity contribution >= 4 is 24.3 Å². The summed E-state index contributed by atoms with van der Waals surface area (Å²) in [5, 5.41) is 8.94. The number of carboxylic acid groups (broad SMARTS) is 1. The van der Waals surface area contributed by atoms with Crippen LogP contribution in [0, 0.1) is 5.92 Å². The van der Waals surface area contributed by atoms with Gasteiger partial charge in [-0.2, -0.15) is 13.2 Å². The Kier molecular flexibility index (Phi) is 6.66. The van der Waals surface area contributed by atoms with Crippen LogP contribution in [-0.2, 0) is 15.8 Å². The zero-order valence-corrected chi connectivity index (χ0v) is 13.9. The summed E-state index contributed by atoms with van der Waals surface area (Å²) in [5.41, 5.74) is -0.646. The summed E-state index contributed by atoms with van der Waals surface area (Å²) in [6.07, 6.45) is -4.15. The Morgan fingerprint density at radius 1 is 1.33 bits per heavy atom. The fourth-order valence-electron chi connectivity index (χ4n) is 2.87. The number of benzene rings is 1. The summed E-state index contributed by atoms with van der Waals surface area (Å²) in [6.45, 7) is 2.04. The molecule has 8 heteroatoms. The monoisotopic (exact) mass is 365 g/mol. The van der Waals surface area contributed by atoms with Gasteiger partial charge < -0.3 is 10.0 Å². The van der Waals surface area contributed by atoms with Crippen LogP contribution in [0.1, 0.15) is 36.8 Å². The van der Waals surface area contributed by atoms with Crippen LogP contribution in [0.2, 0.25) is 0 Å². The maximum atomic E-state index is 13.0. The topological polar surface area (TPSA) is 57.6 Å². The van der Waals surface area contributed by atoms with Crippen LogP contribution in [0.3, 0.4) is 0 Å². The van der Waals surface area contributed by atoms with Crippen LogP contribution in [-0.4, -0.2) is 35.0 Å². The number of carboxylic acids is 1. The van der Waals surface area contributed by atoms with Gasteiger partial charge in [0, 0.05) is 19.5 Å². The number of rotatable bonds is 4. The molecule has 0 aliphatic carbocycles. The van der Waals surface area contributed by atoms with Crippen molar-refractivity contribution in [2.24, 2.45) is 5.92 Å². The van der Waals surface area contributed by atoms with E-state index in [0.717, 1.165) is 6.07 Å². The van der Waals surface area contributed by atoms with E-state index in [9.17, 15) is 22.8 Å². The minimum atomic E-state index is -4.46. The second-order valence-electron chi connectivity index (χ2n) is 5.85. The van der Waals surface area contributed by atoms with Gasteiger partial charge in [-0.05, 0) is 24.0 Å². The van der Waals surface area contributed by atoms with Crippen molar-refractivity contribution in [1.29, 1.82) is 0 Å². The van der Waals surface area contributed by atoms with Crippen LogP contribution < -0.4 is 0 Å². The zero-order chi connectivity index (χ0) is 17.2. The Hall–Kier alpha value is -1.76. The van der Waals surface area contributed by atoms with Gasteiger partial charge in [0.05, 0.1) is 11.5 Å². The molecule has 0 bridgehead atoms. The van der Waals surface area contributed by atoms with E-state index in [1.807, 2.05) is 0 Å². The van der Waals surface area contributed by atoms with Crippen molar-refractivity contribution in [3.05, 3.63) is 35.4 Å². The third-order valence-corrected chi connectivity index (χ3v) is 4.17. The van der Waals surface area contributed by atoms with Gasteiger partial charge in [-0.1, -0.05) is 25.1 Å². The molecule has 1 aromatic carbocycles. The summed E-state index contributed by atoms with van der Waals surface area (Å²) >= 11 is 0. The fraction of sp³-hybridized carbons (Fsp3) is 0.500. The normalized spacial score (nSPS) is 18.8. The van der Waals surface area contributed by atoms with E-state index in [1.165, 1.54) is 23.1 Å². The van der Waals surface area contributed by atoms with Crippen LogP contribution in [0.15, 0.2) is 24.3 Å². The lowest BCUT2D eigenvalue weighted by Crippen LogP contribution is -2.30. The lowest BCUT2D eigenvalue weighted by atomic mass is 9.92. The number of halogens is 4. The molecular weight excluding hydrogens is 347 g/mol. The quantitative estimate of drug-likeness (QED) is 0.887. The number of aliphatic carboxylic acids is 1. The molecule has 0 radical (unpaired) electrons. The van der Waals surface area contributed by atoms with Gasteiger partial charge in [0.15, 0.2) is 0 Å². The first-order valence-electron chi connectivity index (χ1n) is 7.37. The van der Waals surface area contributed by atoms with Gasteiger partial charge in [0.25, 0.3) is 0 Å². The molecule has 0 saturated carbocycles. The predicted molar refractivity (Wildman–Crippen MR) is 84.0 cm³/mol. The molecule has 1 N–H and O–H groups in total. The lowest BCUT2D eigenvalue weighted by molar-refractivity contribution is -0.142. The average Bonchev–Trinajstić information content (AvgIpc) is 2.96. The number of likely N-dealkylation sites (tertiary alicyclic amines) is 1. The molecule has 0 spiro atoms. The first-order valence-corrected chi connectivity index (χ1v) is 7.37. The molecule has 4 nitrogen and oxygen atoms in total. The highest BCUT2D eigenvalue weighted by Crippen LogP contribution is 2.36.